The lowest BCUT2D eigenvalue weighted by Gasteiger charge is -2.40. The van der Waals surface area contributed by atoms with E-state index < -0.39 is 0 Å². The maximum absolute atomic E-state index is 12.7. The molecule has 132 valence electrons. The van der Waals surface area contributed by atoms with E-state index in [0.717, 1.165) is 19.3 Å². The molecule has 4 heteroatoms. The molecule has 1 amide bonds. The van der Waals surface area contributed by atoms with Crippen molar-refractivity contribution in [2.75, 3.05) is 13.7 Å². The average molecular weight is 339 g/mol. The highest BCUT2D eigenvalue weighted by Crippen LogP contribution is 2.39. The molecule has 1 fully saturated rings. The van der Waals surface area contributed by atoms with Gasteiger partial charge in [0.25, 0.3) is 5.91 Å². The van der Waals surface area contributed by atoms with Crippen LogP contribution in [0.15, 0.2) is 54.6 Å². The van der Waals surface area contributed by atoms with Gasteiger partial charge in [-0.05, 0) is 43.4 Å². The van der Waals surface area contributed by atoms with Crippen molar-refractivity contribution in [2.24, 2.45) is 0 Å². The summed E-state index contributed by atoms with van der Waals surface area (Å²) in [6, 6.07) is 17.4. The summed E-state index contributed by atoms with van der Waals surface area (Å²) in [5.74, 6) is 0.422. The Morgan fingerprint density at radius 3 is 2.64 bits per heavy atom. The molecule has 25 heavy (non-hydrogen) atoms. The van der Waals surface area contributed by atoms with E-state index in [2.05, 4.69) is 17.4 Å². The molecular formula is C21H25NO3. The van der Waals surface area contributed by atoms with Crippen LogP contribution in [0.25, 0.3) is 0 Å². The molecule has 0 aliphatic heterocycles. The maximum atomic E-state index is 12.7. The Labute approximate surface area is 148 Å². The SMILES string of the molecule is COc1ccccc1C(=O)NC[C@]1(c2ccccc2)CCC[C@H](O)C1. The maximum Gasteiger partial charge on any atom is 0.255 e. The number of carbonyl (C=O) groups is 1. The molecule has 2 aromatic carbocycles. The molecule has 1 saturated carbocycles. The van der Waals surface area contributed by atoms with Crippen molar-refractivity contribution in [1.82, 2.24) is 5.32 Å². The Hall–Kier alpha value is -2.33. The van der Waals surface area contributed by atoms with Gasteiger partial charge in [0.15, 0.2) is 0 Å². The number of para-hydroxylation sites is 1. The molecule has 2 aromatic rings. The number of aliphatic hydroxyl groups is 1. The van der Waals surface area contributed by atoms with E-state index in [1.165, 1.54) is 5.56 Å². The van der Waals surface area contributed by atoms with Crippen molar-refractivity contribution in [3.8, 4) is 5.75 Å². The van der Waals surface area contributed by atoms with Crippen LogP contribution in [-0.4, -0.2) is 30.8 Å². The predicted octanol–water partition coefficient (Wildman–Crippen LogP) is 3.30. The van der Waals surface area contributed by atoms with E-state index in [0.29, 0.717) is 24.3 Å². The van der Waals surface area contributed by atoms with Crippen LogP contribution in [0.3, 0.4) is 0 Å². The van der Waals surface area contributed by atoms with E-state index in [1.807, 2.05) is 30.3 Å². The number of hydrogen-bond acceptors (Lipinski definition) is 3. The van der Waals surface area contributed by atoms with Crippen LogP contribution in [0, 0.1) is 0 Å². The molecule has 0 saturated heterocycles. The van der Waals surface area contributed by atoms with Gasteiger partial charge in [-0.3, -0.25) is 4.79 Å². The van der Waals surface area contributed by atoms with Crippen molar-refractivity contribution in [3.05, 3.63) is 65.7 Å². The van der Waals surface area contributed by atoms with Gasteiger partial charge in [0.1, 0.15) is 5.75 Å². The van der Waals surface area contributed by atoms with Gasteiger partial charge < -0.3 is 15.2 Å². The summed E-state index contributed by atoms with van der Waals surface area (Å²) in [6.07, 6.45) is 3.09. The van der Waals surface area contributed by atoms with E-state index in [1.54, 1.807) is 19.2 Å². The van der Waals surface area contributed by atoms with Gasteiger partial charge in [-0.15, -0.1) is 0 Å². The summed E-state index contributed by atoms with van der Waals surface area (Å²) in [7, 11) is 1.56. The highest BCUT2D eigenvalue weighted by atomic mass is 16.5. The second kappa shape index (κ2) is 7.70. The third-order valence-corrected chi connectivity index (χ3v) is 5.14. The van der Waals surface area contributed by atoms with Crippen LogP contribution in [0.1, 0.15) is 41.6 Å². The average Bonchev–Trinajstić information content (AvgIpc) is 2.67. The minimum atomic E-state index is -0.322. The summed E-state index contributed by atoms with van der Waals surface area (Å²) in [4.78, 5) is 12.7. The fourth-order valence-corrected chi connectivity index (χ4v) is 3.82. The van der Waals surface area contributed by atoms with E-state index in [9.17, 15) is 9.90 Å². The number of hydrogen-bond donors (Lipinski definition) is 2. The second-order valence-corrected chi connectivity index (χ2v) is 6.78. The summed E-state index contributed by atoms with van der Waals surface area (Å²) in [5.41, 5.74) is 1.48. The van der Waals surface area contributed by atoms with Crippen LogP contribution < -0.4 is 10.1 Å². The Balaban J connectivity index is 1.81. The molecule has 2 atom stereocenters. The summed E-state index contributed by atoms with van der Waals surface area (Å²) >= 11 is 0. The Kier molecular flexibility index (Phi) is 5.39. The lowest BCUT2D eigenvalue weighted by molar-refractivity contribution is 0.0770. The van der Waals surface area contributed by atoms with Crippen LogP contribution in [-0.2, 0) is 5.41 Å². The molecular weight excluding hydrogens is 314 g/mol. The molecule has 3 rings (SSSR count). The largest absolute Gasteiger partial charge is 0.496 e. The number of rotatable bonds is 5. The molecule has 0 bridgehead atoms. The van der Waals surface area contributed by atoms with Gasteiger partial charge in [-0.2, -0.15) is 0 Å². The number of nitrogens with one attached hydrogen (secondary N) is 1. The van der Waals surface area contributed by atoms with Crippen LogP contribution in [0.2, 0.25) is 0 Å². The number of aliphatic hydroxyl groups excluding tert-OH is 1. The third-order valence-electron chi connectivity index (χ3n) is 5.14. The number of benzene rings is 2. The summed E-state index contributed by atoms with van der Waals surface area (Å²) in [6.45, 7) is 0.505. The Bertz CT molecular complexity index is 716. The molecule has 4 nitrogen and oxygen atoms in total. The first kappa shape index (κ1) is 17.5. The van der Waals surface area contributed by atoms with E-state index >= 15 is 0 Å². The zero-order valence-corrected chi connectivity index (χ0v) is 14.6. The normalized spacial score (nSPS) is 23.0. The highest BCUT2D eigenvalue weighted by molar-refractivity contribution is 5.96. The van der Waals surface area contributed by atoms with Gasteiger partial charge in [0.05, 0.1) is 18.8 Å². The Morgan fingerprint density at radius 2 is 1.92 bits per heavy atom. The fraction of sp³-hybridized carbons (Fsp3) is 0.381. The first-order chi connectivity index (χ1) is 12.1. The third kappa shape index (κ3) is 3.85. The first-order valence-electron chi connectivity index (χ1n) is 8.79. The fourth-order valence-electron chi connectivity index (χ4n) is 3.82. The molecule has 0 spiro atoms. The van der Waals surface area contributed by atoms with E-state index in [4.69, 9.17) is 4.74 Å². The number of carbonyl (C=O) groups excluding carboxylic acids is 1. The number of methoxy groups -OCH3 is 1. The standard InChI is InChI=1S/C21H25NO3/c1-25-19-12-6-5-11-18(19)20(24)22-15-21(13-7-10-17(23)14-21)16-8-3-2-4-9-16/h2-6,8-9,11-12,17,23H,7,10,13-15H2,1H3,(H,22,24)/t17-,21-/m0/s1. The van der Waals surface area contributed by atoms with Gasteiger partial charge in [0, 0.05) is 12.0 Å². The predicted molar refractivity (Wildman–Crippen MR) is 97.9 cm³/mol. The lowest BCUT2D eigenvalue weighted by atomic mass is 9.68. The number of ether oxygens (including phenoxy) is 1. The van der Waals surface area contributed by atoms with E-state index in [-0.39, 0.29) is 17.4 Å². The molecule has 0 aromatic heterocycles. The van der Waals surface area contributed by atoms with Crippen molar-refractivity contribution < 1.29 is 14.6 Å². The molecule has 0 heterocycles. The second-order valence-electron chi connectivity index (χ2n) is 6.78. The molecule has 0 unspecified atom stereocenters. The van der Waals surface area contributed by atoms with Crippen molar-refractivity contribution in [2.45, 2.75) is 37.2 Å². The van der Waals surface area contributed by atoms with Crippen LogP contribution in [0.4, 0.5) is 0 Å². The smallest absolute Gasteiger partial charge is 0.255 e. The Morgan fingerprint density at radius 1 is 1.20 bits per heavy atom. The highest BCUT2D eigenvalue weighted by Gasteiger charge is 2.37. The van der Waals surface area contributed by atoms with Gasteiger partial charge in [0.2, 0.25) is 0 Å². The molecule has 1 aliphatic carbocycles. The number of amides is 1. The van der Waals surface area contributed by atoms with Crippen LogP contribution >= 0.6 is 0 Å². The summed E-state index contributed by atoms with van der Waals surface area (Å²) in [5, 5.41) is 13.3. The lowest BCUT2D eigenvalue weighted by Crippen LogP contribution is -2.45. The molecule has 2 N–H and O–H groups in total. The quantitative estimate of drug-likeness (QED) is 0.879. The van der Waals surface area contributed by atoms with Gasteiger partial charge >= 0.3 is 0 Å². The monoisotopic (exact) mass is 339 g/mol. The van der Waals surface area contributed by atoms with Gasteiger partial charge in [-0.1, -0.05) is 42.5 Å². The summed E-state index contributed by atoms with van der Waals surface area (Å²) < 4.78 is 5.28. The minimum Gasteiger partial charge on any atom is -0.496 e. The zero-order chi connectivity index (χ0) is 17.7. The van der Waals surface area contributed by atoms with Crippen molar-refractivity contribution in [1.29, 1.82) is 0 Å². The van der Waals surface area contributed by atoms with Crippen LogP contribution in [0.5, 0.6) is 5.75 Å². The zero-order valence-electron chi connectivity index (χ0n) is 14.6. The minimum absolute atomic E-state index is 0.146. The molecule has 1 aliphatic rings. The topological polar surface area (TPSA) is 58.6 Å². The first-order valence-corrected chi connectivity index (χ1v) is 8.79. The van der Waals surface area contributed by atoms with Crippen molar-refractivity contribution >= 4 is 5.91 Å². The van der Waals surface area contributed by atoms with Gasteiger partial charge in [-0.25, -0.2) is 0 Å². The molecule has 0 radical (unpaired) electrons. The van der Waals surface area contributed by atoms with Crippen molar-refractivity contribution in [3.63, 3.8) is 0 Å².